The largest absolute Gasteiger partial charge is 0.492 e. The van der Waals surface area contributed by atoms with Crippen molar-refractivity contribution in [1.29, 1.82) is 0 Å². The number of hydrogen-bond acceptors (Lipinski definition) is 5. The molecule has 2 aromatic heterocycles. The molecule has 28 heavy (non-hydrogen) atoms. The van der Waals surface area contributed by atoms with Crippen LogP contribution < -0.4 is 10.4 Å². The Morgan fingerprint density at radius 1 is 1.36 bits per heavy atom. The quantitative estimate of drug-likeness (QED) is 0.871. The number of aryl methyl sites for hydroxylation is 1. The van der Waals surface area contributed by atoms with Crippen LogP contribution in [0.2, 0.25) is 0 Å². The third-order valence-corrected chi connectivity index (χ3v) is 6.32. The molecule has 1 N–H and O–H groups in total. The maximum absolute atomic E-state index is 13.4. The Bertz CT molecular complexity index is 961. The van der Waals surface area contributed by atoms with Crippen molar-refractivity contribution >= 4 is 5.91 Å². The van der Waals surface area contributed by atoms with Crippen molar-refractivity contribution in [2.24, 2.45) is 11.8 Å². The van der Waals surface area contributed by atoms with Crippen molar-refractivity contribution in [3.8, 4) is 5.75 Å². The maximum Gasteiger partial charge on any atom is 0.343 e. The number of fused-ring (bicyclic) bond motifs is 1. The summed E-state index contributed by atoms with van der Waals surface area (Å²) in [5, 5.41) is 6.89. The summed E-state index contributed by atoms with van der Waals surface area (Å²) in [4.78, 5) is 31.8. The number of nitrogens with one attached hydrogen (secondary N) is 1. The highest BCUT2D eigenvalue weighted by Crippen LogP contribution is 2.50. The van der Waals surface area contributed by atoms with Crippen LogP contribution in [0.25, 0.3) is 0 Å². The van der Waals surface area contributed by atoms with E-state index in [1.807, 2.05) is 17.9 Å². The van der Waals surface area contributed by atoms with E-state index in [9.17, 15) is 9.59 Å². The van der Waals surface area contributed by atoms with Crippen LogP contribution in [-0.4, -0.2) is 43.7 Å². The maximum atomic E-state index is 13.4. The molecular weight excluding hydrogens is 358 g/mol. The molecule has 1 aliphatic carbocycles. The van der Waals surface area contributed by atoms with Gasteiger partial charge >= 0.3 is 5.69 Å². The third-order valence-electron chi connectivity index (χ3n) is 6.32. The number of likely N-dealkylation sites (tertiary alicyclic amines) is 1. The summed E-state index contributed by atoms with van der Waals surface area (Å²) in [7, 11) is 0. The molecule has 0 aromatic carbocycles. The minimum Gasteiger partial charge on any atom is -0.492 e. The lowest BCUT2D eigenvalue weighted by molar-refractivity contribution is 0.0694. The van der Waals surface area contributed by atoms with E-state index in [4.69, 9.17) is 4.74 Å². The van der Waals surface area contributed by atoms with Gasteiger partial charge in [0.25, 0.3) is 5.91 Å². The van der Waals surface area contributed by atoms with Gasteiger partial charge in [-0.3, -0.25) is 9.36 Å². The van der Waals surface area contributed by atoms with Gasteiger partial charge < -0.3 is 9.64 Å². The van der Waals surface area contributed by atoms with Gasteiger partial charge in [-0.25, -0.2) is 14.9 Å². The molecule has 0 spiro atoms. The second-order valence-corrected chi connectivity index (χ2v) is 7.99. The van der Waals surface area contributed by atoms with E-state index >= 15 is 0 Å². The summed E-state index contributed by atoms with van der Waals surface area (Å²) in [6, 6.07) is 1.70. The molecule has 2 aliphatic heterocycles. The Morgan fingerprint density at radius 3 is 3.00 bits per heavy atom. The number of ether oxygens (including phenoxy) is 1. The van der Waals surface area contributed by atoms with Gasteiger partial charge in [0.15, 0.2) is 5.82 Å². The molecule has 1 saturated carbocycles. The van der Waals surface area contributed by atoms with Gasteiger partial charge in [0, 0.05) is 13.1 Å². The summed E-state index contributed by atoms with van der Waals surface area (Å²) in [5.74, 6) is 2.34. The van der Waals surface area contributed by atoms with Gasteiger partial charge in [-0.1, -0.05) is 0 Å². The number of nitrogens with zero attached hydrogens (tertiary/aromatic N) is 4. The molecule has 2 fully saturated rings. The van der Waals surface area contributed by atoms with Crippen LogP contribution >= 0.6 is 0 Å². The first kappa shape index (κ1) is 17.5. The van der Waals surface area contributed by atoms with Crippen LogP contribution in [0.3, 0.4) is 0 Å². The van der Waals surface area contributed by atoms with Crippen molar-refractivity contribution in [1.82, 2.24) is 24.6 Å². The highest BCUT2D eigenvalue weighted by Gasteiger charge is 2.48. The number of pyridine rings is 1. The zero-order chi connectivity index (χ0) is 19.3. The fraction of sp³-hybridized carbons (Fsp3) is 0.600. The van der Waals surface area contributed by atoms with E-state index in [1.165, 1.54) is 12.8 Å². The molecule has 0 bridgehead atoms. The van der Waals surface area contributed by atoms with Crippen molar-refractivity contribution in [3.63, 3.8) is 0 Å². The van der Waals surface area contributed by atoms with E-state index in [2.05, 4.69) is 15.2 Å². The van der Waals surface area contributed by atoms with Gasteiger partial charge in [0.05, 0.1) is 18.8 Å². The molecule has 148 valence electrons. The second kappa shape index (κ2) is 6.76. The number of aromatic nitrogens is 4. The number of aromatic amines is 1. The number of rotatable bonds is 4. The Kier molecular flexibility index (Phi) is 4.21. The molecule has 8 heteroatoms. The number of hydrogen-bond donors (Lipinski definition) is 1. The van der Waals surface area contributed by atoms with Crippen molar-refractivity contribution in [3.05, 3.63) is 39.8 Å². The Hall–Kier alpha value is -2.64. The first-order chi connectivity index (χ1) is 13.7. The van der Waals surface area contributed by atoms with E-state index in [1.54, 1.807) is 10.8 Å². The predicted molar refractivity (Wildman–Crippen MR) is 101 cm³/mol. The molecular formula is C20H25N5O3. The molecule has 3 aliphatic rings. The summed E-state index contributed by atoms with van der Waals surface area (Å²) in [6.45, 7) is 3.84. The first-order valence-electron chi connectivity index (χ1n) is 10.2. The molecule has 1 amide bonds. The first-order valence-corrected chi connectivity index (χ1v) is 10.2. The normalized spacial score (nSPS) is 24.1. The van der Waals surface area contributed by atoms with E-state index in [0.717, 1.165) is 30.6 Å². The lowest BCUT2D eigenvalue weighted by Crippen LogP contribution is -2.35. The smallest absolute Gasteiger partial charge is 0.343 e. The van der Waals surface area contributed by atoms with Crippen molar-refractivity contribution < 1.29 is 9.53 Å². The molecule has 4 heterocycles. The van der Waals surface area contributed by atoms with Crippen molar-refractivity contribution in [2.75, 3.05) is 13.2 Å². The third kappa shape index (κ3) is 2.82. The summed E-state index contributed by atoms with van der Waals surface area (Å²) >= 11 is 0. The monoisotopic (exact) mass is 383 g/mol. The zero-order valence-electron chi connectivity index (χ0n) is 16.1. The van der Waals surface area contributed by atoms with Gasteiger partial charge in [-0.2, -0.15) is 5.10 Å². The summed E-state index contributed by atoms with van der Waals surface area (Å²) in [5.41, 5.74) is 1.28. The molecule has 5 rings (SSSR count). The van der Waals surface area contributed by atoms with Gasteiger partial charge in [-0.05, 0) is 62.5 Å². The van der Waals surface area contributed by atoms with Crippen LogP contribution in [0.4, 0.5) is 0 Å². The topological polar surface area (TPSA) is 93.1 Å². The lowest BCUT2D eigenvalue weighted by atomic mass is 9.94. The summed E-state index contributed by atoms with van der Waals surface area (Å²) < 4.78 is 7.28. The fourth-order valence-corrected chi connectivity index (χ4v) is 4.77. The average molecular weight is 383 g/mol. The van der Waals surface area contributed by atoms with Crippen molar-refractivity contribution in [2.45, 2.75) is 51.6 Å². The lowest BCUT2D eigenvalue weighted by Gasteiger charge is -2.28. The van der Waals surface area contributed by atoms with E-state index < -0.39 is 0 Å². The van der Waals surface area contributed by atoms with Crippen LogP contribution in [0, 0.1) is 11.8 Å². The SMILES string of the molecule is CCn1c(C2C(C3CC3)CCN2C(=O)c2cc3c(cn2)OCCC3)n[nH]c1=O. The standard InChI is InChI=1S/C20H25N5O3/c1-2-24-18(22-23-20(24)27)17-14(12-5-6-12)7-8-25(17)19(26)15-10-13-4-3-9-28-16(13)11-21-15/h10-12,14,17H,2-9H2,1H3,(H,23,27). The Balaban J connectivity index is 1.50. The van der Waals surface area contributed by atoms with E-state index in [-0.39, 0.29) is 17.6 Å². The van der Waals surface area contributed by atoms with Crippen LogP contribution in [0.5, 0.6) is 5.75 Å². The number of amides is 1. The van der Waals surface area contributed by atoms with Gasteiger partial charge in [-0.15, -0.1) is 0 Å². The highest BCUT2D eigenvalue weighted by molar-refractivity contribution is 5.93. The minimum atomic E-state index is -0.213. The number of carbonyl (C=O) groups is 1. The van der Waals surface area contributed by atoms with E-state index in [0.29, 0.717) is 43.1 Å². The second-order valence-electron chi connectivity index (χ2n) is 7.99. The number of H-pyrrole nitrogens is 1. The fourth-order valence-electron chi connectivity index (χ4n) is 4.77. The highest BCUT2D eigenvalue weighted by atomic mass is 16.5. The molecule has 8 nitrogen and oxygen atoms in total. The van der Waals surface area contributed by atoms with Gasteiger partial charge in [0.2, 0.25) is 0 Å². The molecule has 2 atom stereocenters. The molecule has 0 radical (unpaired) electrons. The van der Waals surface area contributed by atoms with Gasteiger partial charge in [0.1, 0.15) is 11.4 Å². The average Bonchev–Trinajstić information content (AvgIpc) is 3.37. The van der Waals surface area contributed by atoms with Crippen LogP contribution in [0.1, 0.15) is 60.5 Å². The molecule has 2 unspecified atom stereocenters. The van der Waals surface area contributed by atoms with Crippen LogP contribution in [0.15, 0.2) is 17.1 Å². The number of carbonyl (C=O) groups excluding carboxylic acids is 1. The van der Waals surface area contributed by atoms with Crippen LogP contribution in [-0.2, 0) is 13.0 Å². The predicted octanol–water partition coefficient (Wildman–Crippen LogP) is 1.92. The molecule has 2 aromatic rings. The molecule has 1 saturated heterocycles. The Morgan fingerprint density at radius 2 is 2.21 bits per heavy atom. The minimum absolute atomic E-state index is 0.0837. The Labute approximate surface area is 162 Å². The summed E-state index contributed by atoms with van der Waals surface area (Å²) in [6.07, 6.45) is 6.86. The zero-order valence-corrected chi connectivity index (χ0v) is 16.1.